The molecule has 2 fully saturated rings. The molecule has 0 saturated carbocycles. The SMILES string of the molecule is O=C(O)CCC(=O)N1CC2NC2C1. The van der Waals surface area contributed by atoms with Crippen molar-refractivity contribution in [2.45, 2.75) is 24.9 Å². The Morgan fingerprint density at radius 2 is 1.92 bits per heavy atom. The molecule has 72 valence electrons. The van der Waals surface area contributed by atoms with Gasteiger partial charge >= 0.3 is 5.97 Å². The molecule has 2 saturated heterocycles. The summed E-state index contributed by atoms with van der Waals surface area (Å²) >= 11 is 0. The van der Waals surface area contributed by atoms with Crippen LogP contribution in [0.15, 0.2) is 0 Å². The van der Waals surface area contributed by atoms with Gasteiger partial charge in [-0.1, -0.05) is 0 Å². The molecule has 2 aliphatic rings. The van der Waals surface area contributed by atoms with E-state index in [0.29, 0.717) is 12.1 Å². The molecule has 2 N–H and O–H groups in total. The Kier molecular flexibility index (Phi) is 1.95. The Labute approximate surface area is 75.7 Å². The summed E-state index contributed by atoms with van der Waals surface area (Å²) in [6.45, 7) is 1.51. The molecule has 2 atom stereocenters. The number of nitrogens with zero attached hydrogens (tertiary/aromatic N) is 1. The number of carboxylic acid groups (broad SMARTS) is 1. The first kappa shape index (κ1) is 8.50. The van der Waals surface area contributed by atoms with Crippen LogP contribution < -0.4 is 5.32 Å². The van der Waals surface area contributed by atoms with Gasteiger partial charge in [0.05, 0.1) is 6.42 Å². The maximum atomic E-state index is 11.4. The number of aliphatic carboxylic acids is 1. The van der Waals surface area contributed by atoms with Crippen molar-refractivity contribution in [3.8, 4) is 0 Å². The second-order valence-corrected chi connectivity index (χ2v) is 3.57. The van der Waals surface area contributed by atoms with E-state index in [2.05, 4.69) is 5.32 Å². The summed E-state index contributed by atoms with van der Waals surface area (Å²) < 4.78 is 0. The zero-order valence-corrected chi connectivity index (χ0v) is 7.19. The van der Waals surface area contributed by atoms with Crippen molar-refractivity contribution in [3.05, 3.63) is 0 Å². The van der Waals surface area contributed by atoms with E-state index < -0.39 is 5.97 Å². The number of rotatable bonds is 3. The molecule has 0 aromatic carbocycles. The molecule has 2 aliphatic heterocycles. The largest absolute Gasteiger partial charge is 0.481 e. The Balaban J connectivity index is 1.74. The summed E-state index contributed by atoms with van der Waals surface area (Å²) in [6.07, 6.45) is 0.0763. The summed E-state index contributed by atoms with van der Waals surface area (Å²) in [6, 6.07) is 0.961. The summed E-state index contributed by atoms with van der Waals surface area (Å²) in [5.74, 6) is -0.938. The highest BCUT2D eigenvalue weighted by molar-refractivity contribution is 5.81. The zero-order chi connectivity index (χ0) is 9.42. The van der Waals surface area contributed by atoms with Crippen LogP contribution >= 0.6 is 0 Å². The normalized spacial score (nSPS) is 30.0. The van der Waals surface area contributed by atoms with Gasteiger partial charge in [-0.25, -0.2) is 0 Å². The Morgan fingerprint density at radius 3 is 2.46 bits per heavy atom. The number of carboxylic acids is 1. The van der Waals surface area contributed by atoms with Gasteiger partial charge in [-0.2, -0.15) is 0 Å². The van der Waals surface area contributed by atoms with E-state index in [1.165, 1.54) is 0 Å². The van der Waals surface area contributed by atoms with E-state index in [1.807, 2.05) is 0 Å². The number of amides is 1. The fourth-order valence-electron chi connectivity index (χ4n) is 1.70. The van der Waals surface area contributed by atoms with Crippen LogP contribution in [0.4, 0.5) is 0 Å². The molecule has 0 spiro atoms. The number of hydrogen-bond donors (Lipinski definition) is 2. The molecule has 0 aromatic rings. The average molecular weight is 184 g/mol. The standard InChI is InChI=1S/C8H12N2O3/c11-7(1-2-8(12)13)10-3-5-6(4-10)9-5/h5-6,9H,1-4H2,(H,12,13). The maximum absolute atomic E-state index is 11.4. The molecular formula is C8H12N2O3. The van der Waals surface area contributed by atoms with Crippen LogP contribution in [0.25, 0.3) is 0 Å². The van der Waals surface area contributed by atoms with Crippen molar-refractivity contribution in [3.63, 3.8) is 0 Å². The average Bonchev–Trinajstić information content (AvgIpc) is 2.69. The second kappa shape index (κ2) is 2.99. The first-order valence-electron chi connectivity index (χ1n) is 4.42. The number of likely N-dealkylation sites (tertiary alicyclic amines) is 1. The minimum atomic E-state index is -0.907. The third kappa shape index (κ3) is 1.80. The molecule has 2 unspecified atom stereocenters. The van der Waals surface area contributed by atoms with Crippen molar-refractivity contribution in [2.75, 3.05) is 13.1 Å². The van der Waals surface area contributed by atoms with Crippen LogP contribution in [0.5, 0.6) is 0 Å². The lowest BCUT2D eigenvalue weighted by atomic mass is 10.3. The van der Waals surface area contributed by atoms with Crippen LogP contribution in [-0.2, 0) is 9.59 Å². The van der Waals surface area contributed by atoms with Crippen LogP contribution in [0.1, 0.15) is 12.8 Å². The molecule has 5 nitrogen and oxygen atoms in total. The van der Waals surface area contributed by atoms with E-state index >= 15 is 0 Å². The maximum Gasteiger partial charge on any atom is 0.303 e. The highest BCUT2D eigenvalue weighted by atomic mass is 16.4. The predicted molar refractivity (Wildman–Crippen MR) is 44.2 cm³/mol. The molecule has 1 amide bonds. The van der Waals surface area contributed by atoms with Gasteiger partial charge in [-0.05, 0) is 0 Å². The molecule has 0 aliphatic carbocycles. The van der Waals surface area contributed by atoms with E-state index in [4.69, 9.17) is 5.11 Å². The van der Waals surface area contributed by atoms with Gasteiger partial charge in [0.2, 0.25) is 5.91 Å². The summed E-state index contributed by atoms with van der Waals surface area (Å²) in [5, 5.41) is 11.6. The predicted octanol–water partition coefficient (Wildman–Crippen LogP) is -0.966. The Bertz CT molecular complexity index is 244. The Morgan fingerprint density at radius 1 is 1.31 bits per heavy atom. The van der Waals surface area contributed by atoms with Crippen molar-refractivity contribution >= 4 is 11.9 Å². The van der Waals surface area contributed by atoms with Gasteiger partial charge < -0.3 is 15.3 Å². The lowest BCUT2D eigenvalue weighted by Gasteiger charge is -2.16. The summed E-state index contributed by atoms with van der Waals surface area (Å²) in [4.78, 5) is 23.3. The minimum Gasteiger partial charge on any atom is -0.481 e. The minimum absolute atomic E-state index is 0.0311. The van der Waals surface area contributed by atoms with E-state index in [1.54, 1.807) is 4.90 Å². The fraction of sp³-hybridized carbons (Fsp3) is 0.750. The number of hydrogen-bond acceptors (Lipinski definition) is 3. The Hall–Kier alpha value is -1.10. The molecule has 0 radical (unpaired) electrons. The first-order chi connectivity index (χ1) is 6.16. The number of fused-ring (bicyclic) bond motifs is 1. The van der Waals surface area contributed by atoms with Crippen molar-refractivity contribution in [1.82, 2.24) is 10.2 Å². The summed E-state index contributed by atoms with van der Waals surface area (Å²) in [5.41, 5.74) is 0. The molecular weight excluding hydrogens is 172 g/mol. The number of nitrogens with one attached hydrogen (secondary N) is 1. The lowest BCUT2D eigenvalue weighted by molar-refractivity contribution is -0.140. The second-order valence-electron chi connectivity index (χ2n) is 3.57. The molecule has 0 aromatic heterocycles. The molecule has 5 heteroatoms. The van der Waals surface area contributed by atoms with Gasteiger partial charge in [0.15, 0.2) is 0 Å². The highest BCUT2D eigenvalue weighted by Crippen LogP contribution is 2.22. The zero-order valence-electron chi connectivity index (χ0n) is 7.19. The smallest absolute Gasteiger partial charge is 0.303 e. The van der Waals surface area contributed by atoms with Gasteiger partial charge in [0, 0.05) is 31.6 Å². The third-order valence-electron chi connectivity index (χ3n) is 2.54. The lowest BCUT2D eigenvalue weighted by Crippen LogP contribution is -2.33. The van der Waals surface area contributed by atoms with Gasteiger partial charge in [-0.3, -0.25) is 9.59 Å². The quantitative estimate of drug-likeness (QED) is 0.553. The van der Waals surface area contributed by atoms with E-state index in [0.717, 1.165) is 13.1 Å². The number of piperazine rings is 1. The third-order valence-corrected chi connectivity index (χ3v) is 2.54. The molecule has 2 heterocycles. The first-order valence-corrected chi connectivity index (χ1v) is 4.42. The van der Waals surface area contributed by atoms with Gasteiger partial charge in [-0.15, -0.1) is 0 Å². The van der Waals surface area contributed by atoms with Crippen LogP contribution in [0.3, 0.4) is 0 Å². The summed E-state index contributed by atoms with van der Waals surface area (Å²) in [7, 11) is 0. The van der Waals surface area contributed by atoms with Crippen LogP contribution in [0, 0.1) is 0 Å². The fourth-order valence-corrected chi connectivity index (χ4v) is 1.70. The van der Waals surface area contributed by atoms with Crippen LogP contribution in [-0.4, -0.2) is 47.1 Å². The van der Waals surface area contributed by atoms with Crippen molar-refractivity contribution < 1.29 is 14.7 Å². The monoisotopic (exact) mass is 184 g/mol. The van der Waals surface area contributed by atoms with Crippen LogP contribution in [0.2, 0.25) is 0 Å². The van der Waals surface area contributed by atoms with Gasteiger partial charge in [0.25, 0.3) is 0 Å². The number of carbonyl (C=O) groups excluding carboxylic acids is 1. The molecule has 13 heavy (non-hydrogen) atoms. The highest BCUT2D eigenvalue weighted by Gasteiger charge is 2.45. The van der Waals surface area contributed by atoms with Crippen molar-refractivity contribution in [2.24, 2.45) is 0 Å². The molecule has 0 bridgehead atoms. The number of carbonyl (C=O) groups is 2. The van der Waals surface area contributed by atoms with E-state index in [9.17, 15) is 9.59 Å². The van der Waals surface area contributed by atoms with Crippen molar-refractivity contribution in [1.29, 1.82) is 0 Å². The van der Waals surface area contributed by atoms with E-state index in [-0.39, 0.29) is 18.7 Å². The topological polar surface area (TPSA) is 79.5 Å². The molecule has 2 rings (SSSR count). The van der Waals surface area contributed by atoms with Gasteiger partial charge in [0.1, 0.15) is 0 Å².